The zero-order valence-electron chi connectivity index (χ0n) is 12.9. The number of alkyl halides is 2. The van der Waals surface area contributed by atoms with E-state index in [0.29, 0.717) is 25.2 Å². The number of fused-ring (bicyclic) bond motifs is 1. The molecular weight excluding hydrogens is 326 g/mol. The first-order valence-electron chi connectivity index (χ1n) is 7.39. The molecule has 24 heavy (non-hydrogen) atoms. The Morgan fingerprint density at radius 3 is 2.88 bits per heavy atom. The van der Waals surface area contributed by atoms with Gasteiger partial charge in [0.2, 0.25) is 0 Å². The lowest BCUT2D eigenvalue weighted by atomic mass is 10.1. The predicted molar refractivity (Wildman–Crippen MR) is 78.0 cm³/mol. The maximum absolute atomic E-state index is 13.0. The Hall–Kier alpha value is -2.58. The SMILES string of the molecule is COC(=O)C[C@@H]1CCN(C(=O)Nc2ccc3c(c2)OC(F)(F)O3)C1. The van der Waals surface area contributed by atoms with Gasteiger partial charge in [0.25, 0.3) is 0 Å². The fraction of sp³-hybridized carbons (Fsp3) is 0.467. The summed E-state index contributed by atoms with van der Waals surface area (Å²) in [7, 11) is 1.32. The van der Waals surface area contributed by atoms with E-state index in [1.54, 1.807) is 4.90 Å². The van der Waals surface area contributed by atoms with Gasteiger partial charge in [0.05, 0.1) is 13.5 Å². The van der Waals surface area contributed by atoms with Crippen molar-refractivity contribution in [3.05, 3.63) is 18.2 Å². The molecule has 9 heteroatoms. The standard InChI is InChI=1S/C15H16F2N2O5/c1-22-13(20)6-9-4-5-19(8-9)14(21)18-10-2-3-11-12(7-10)24-15(16,17)23-11/h2-3,7,9H,4-6,8H2,1H3,(H,18,21)/t9-/m0/s1. The lowest BCUT2D eigenvalue weighted by Crippen LogP contribution is -2.33. The number of hydrogen-bond donors (Lipinski definition) is 1. The van der Waals surface area contributed by atoms with Crippen molar-refractivity contribution in [3.8, 4) is 11.5 Å². The van der Waals surface area contributed by atoms with Crippen molar-refractivity contribution in [1.29, 1.82) is 0 Å². The van der Waals surface area contributed by atoms with Gasteiger partial charge in [0, 0.05) is 24.8 Å². The number of nitrogens with zero attached hydrogens (tertiary/aromatic N) is 1. The Morgan fingerprint density at radius 2 is 2.12 bits per heavy atom. The molecule has 1 aromatic carbocycles. The second-order valence-electron chi connectivity index (χ2n) is 5.64. The average molecular weight is 342 g/mol. The highest BCUT2D eigenvalue weighted by Gasteiger charge is 2.43. The Balaban J connectivity index is 1.58. The zero-order valence-corrected chi connectivity index (χ0v) is 12.9. The molecule has 2 amide bonds. The second kappa shape index (κ2) is 6.14. The quantitative estimate of drug-likeness (QED) is 0.854. The minimum Gasteiger partial charge on any atom is -0.469 e. The summed E-state index contributed by atoms with van der Waals surface area (Å²) in [6.45, 7) is 0.944. The predicted octanol–water partition coefficient (Wildman–Crippen LogP) is 2.43. The number of hydrogen-bond acceptors (Lipinski definition) is 5. The van der Waals surface area contributed by atoms with E-state index in [4.69, 9.17) is 0 Å². The largest absolute Gasteiger partial charge is 0.586 e. The molecule has 2 aliphatic rings. The Kier molecular flexibility index (Phi) is 4.16. The van der Waals surface area contributed by atoms with Crippen molar-refractivity contribution < 1.29 is 32.6 Å². The van der Waals surface area contributed by atoms with Crippen LogP contribution in [0.4, 0.5) is 19.3 Å². The molecule has 0 radical (unpaired) electrons. The molecule has 7 nitrogen and oxygen atoms in total. The number of halogens is 2. The summed E-state index contributed by atoms with van der Waals surface area (Å²) < 4.78 is 39.2. The summed E-state index contributed by atoms with van der Waals surface area (Å²) in [5, 5.41) is 2.62. The first kappa shape index (κ1) is 16.3. The van der Waals surface area contributed by atoms with Crippen LogP contribution >= 0.6 is 0 Å². The molecular formula is C15H16F2N2O5. The lowest BCUT2D eigenvalue weighted by Gasteiger charge is -2.17. The molecule has 1 aromatic rings. The molecule has 2 heterocycles. The van der Waals surface area contributed by atoms with Crippen molar-refractivity contribution >= 4 is 17.7 Å². The molecule has 0 bridgehead atoms. The van der Waals surface area contributed by atoms with Crippen LogP contribution in [-0.2, 0) is 9.53 Å². The first-order valence-corrected chi connectivity index (χ1v) is 7.39. The van der Waals surface area contributed by atoms with Crippen LogP contribution < -0.4 is 14.8 Å². The van der Waals surface area contributed by atoms with Crippen LogP contribution in [-0.4, -0.2) is 43.4 Å². The highest BCUT2D eigenvalue weighted by atomic mass is 19.3. The summed E-state index contributed by atoms with van der Waals surface area (Å²) in [5.74, 6) is -0.474. The highest BCUT2D eigenvalue weighted by Crippen LogP contribution is 2.42. The van der Waals surface area contributed by atoms with Gasteiger partial charge in [-0.05, 0) is 24.5 Å². The molecule has 0 spiro atoms. The molecule has 0 aromatic heterocycles. The summed E-state index contributed by atoms with van der Waals surface area (Å²) in [5.41, 5.74) is 0.316. The highest BCUT2D eigenvalue weighted by molar-refractivity contribution is 5.90. The van der Waals surface area contributed by atoms with Gasteiger partial charge in [-0.3, -0.25) is 4.79 Å². The lowest BCUT2D eigenvalue weighted by molar-refractivity contribution is -0.286. The van der Waals surface area contributed by atoms with Gasteiger partial charge >= 0.3 is 18.3 Å². The summed E-state index contributed by atoms with van der Waals surface area (Å²) in [6.07, 6.45) is -2.73. The van der Waals surface area contributed by atoms with Crippen LogP contribution in [0, 0.1) is 5.92 Å². The normalized spacial score (nSPS) is 20.8. The maximum Gasteiger partial charge on any atom is 0.586 e. The number of urea groups is 1. The minimum atomic E-state index is -3.69. The smallest absolute Gasteiger partial charge is 0.469 e. The number of esters is 1. The molecule has 1 saturated heterocycles. The Bertz CT molecular complexity index is 667. The van der Waals surface area contributed by atoms with Crippen molar-refractivity contribution in [3.63, 3.8) is 0 Å². The van der Waals surface area contributed by atoms with E-state index in [1.165, 1.54) is 25.3 Å². The third-order valence-corrected chi connectivity index (χ3v) is 3.91. The van der Waals surface area contributed by atoms with E-state index in [1.807, 2.05) is 0 Å². The molecule has 2 aliphatic heterocycles. The summed E-state index contributed by atoms with van der Waals surface area (Å²) >= 11 is 0. The number of likely N-dealkylation sites (tertiary alicyclic amines) is 1. The fourth-order valence-corrected chi connectivity index (χ4v) is 2.73. The molecule has 0 aliphatic carbocycles. The maximum atomic E-state index is 13.0. The van der Waals surface area contributed by atoms with Gasteiger partial charge in [0.15, 0.2) is 11.5 Å². The van der Waals surface area contributed by atoms with Crippen molar-refractivity contribution in [1.82, 2.24) is 4.90 Å². The van der Waals surface area contributed by atoms with Crippen molar-refractivity contribution in [2.24, 2.45) is 5.92 Å². The van der Waals surface area contributed by atoms with Crippen LogP contribution in [0.3, 0.4) is 0 Å². The molecule has 1 atom stereocenters. The average Bonchev–Trinajstić information content (AvgIpc) is 3.09. The van der Waals surface area contributed by atoms with Gasteiger partial charge in [-0.2, -0.15) is 0 Å². The molecule has 1 N–H and O–H groups in total. The second-order valence-corrected chi connectivity index (χ2v) is 5.64. The first-order chi connectivity index (χ1) is 11.4. The van der Waals surface area contributed by atoms with Gasteiger partial charge < -0.3 is 24.4 Å². The van der Waals surface area contributed by atoms with E-state index >= 15 is 0 Å². The Morgan fingerprint density at radius 1 is 1.38 bits per heavy atom. The van der Waals surface area contributed by atoms with E-state index in [2.05, 4.69) is 19.5 Å². The monoisotopic (exact) mass is 342 g/mol. The number of methoxy groups -OCH3 is 1. The minimum absolute atomic E-state index is 0.0543. The number of nitrogens with one attached hydrogen (secondary N) is 1. The summed E-state index contributed by atoms with van der Waals surface area (Å²) in [6, 6.07) is 3.66. The van der Waals surface area contributed by atoms with E-state index in [-0.39, 0.29) is 35.8 Å². The van der Waals surface area contributed by atoms with Gasteiger partial charge in [-0.15, -0.1) is 8.78 Å². The van der Waals surface area contributed by atoms with Gasteiger partial charge in [-0.1, -0.05) is 0 Å². The number of rotatable bonds is 3. The van der Waals surface area contributed by atoms with Crippen LogP contribution in [0.25, 0.3) is 0 Å². The third-order valence-electron chi connectivity index (χ3n) is 3.91. The van der Waals surface area contributed by atoms with E-state index in [0.717, 1.165) is 0 Å². The van der Waals surface area contributed by atoms with Gasteiger partial charge in [-0.25, -0.2) is 4.79 Å². The fourth-order valence-electron chi connectivity index (χ4n) is 2.73. The van der Waals surface area contributed by atoms with E-state index in [9.17, 15) is 18.4 Å². The van der Waals surface area contributed by atoms with Crippen LogP contribution in [0.2, 0.25) is 0 Å². The third kappa shape index (κ3) is 3.50. The summed E-state index contributed by atoms with van der Waals surface area (Å²) in [4.78, 5) is 25.1. The number of carbonyl (C=O) groups excluding carboxylic acids is 2. The number of anilines is 1. The van der Waals surface area contributed by atoms with Crippen LogP contribution in [0.1, 0.15) is 12.8 Å². The van der Waals surface area contributed by atoms with Gasteiger partial charge in [0.1, 0.15) is 0 Å². The molecule has 130 valence electrons. The number of ether oxygens (including phenoxy) is 3. The van der Waals surface area contributed by atoms with Crippen LogP contribution in [0.15, 0.2) is 18.2 Å². The Labute approximate surface area is 136 Å². The van der Waals surface area contributed by atoms with Crippen molar-refractivity contribution in [2.75, 3.05) is 25.5 Å². The number of carbonyl (C=O) groups is 2. The number of benzene rings is 1. The number of amides is 2. The topological polar surface area (TPSA) is 77.1 Å². The molecule has 0 saturated carbocycles. The van der Waals surface area contributed by atoms with Crippen molar-refractivity contribution in [2.45, 2.75) is 19.1 Å². The van der Waals surface area contributed by atoms with Crippen LogP contribution in [0.5, 0.6) is 11.5 Å². The molecule has 3 rings (SSSR count). The van der Waals surface area contributed by atoms with E-state index < -0.39 is 6.29 Å². The molecule has 1 fully saturated rings. The molecule has 0 unspecified atom stereocenters. The zero-order chi connectivity index (χ0) is 17.3.